The lowest BCUT2D eigenvalue weighted by molar-refractivity contribution is -0.0310. The molecule has 216 valence electrons. The molecule has 0 heterocycles. The highest BCUT2D eigenvalue weighted by Gasteiger charge is 2.45. The molecular formula is C36H72. The van der Waals surface area contributed by atoms with E-state index in [1.807, 2.05) is 0 Å². The van der Waals surface area contributed by atoms with E-state index in [0.717, 1.165) is 47.3 Å². The number of rotatable bonds is 24. The van der Waals surface area contributed by atoms with E-state index in [0.29, 0.717) is 0 Å². The van der Waals surface area contributed by atoms with Gasteiger partial charge in [0.05, 0.1) is 0 Å². The minimum atomic E-state index is 0.889. The van der Waals surface area contributed by atoms with Crippen LogP contribution in [0.5, 0.6) is 0 Å². The minimum Gasteiger partial charge on any atom is -0.0654 e. The SMILES string of the molecule is CCCCC(CC)C1CC(CCC)C1C(C)CC(C)CCC(C)CCCCCCCCCCC(C)C. The van der Waals surface area contributed by atoms with Gasteiger partial charge >= 0.3 is 0 Å². The van der Waals surface area contributed by atoms with Crippen molar-refractivity contribution in [3.8, 4) is 0 Å². The lowest BCUT2D eigenvalue weighted by Crippen LogP contribution is -2.45. The van der Waals surface area contributed by atoms with Gasteiger partial charge in [-0.3, -0.25) is 0 Å². The first kappa shape index (κ1) is 34.0. The van der Waals surface area contributed by atoms with Crippen LogP contribution in [-0.4, -0.2) is 0 Å². The first-order valence-corrected chi connectivity index (χ1v) is 17.3. The second-order valence-corrected chi connectivity index (χ2v) is 14.1. The summed E-state index contributed by atoms with van der Waals surface area (Å²) in [6.07, 6.45) is 29.2. The van der Waals surface area contributed by atoms with E-state index in [4.69, 9.17) is 0 Å². The van der Waals surface area contributed by atoms with Crippen molar-refractivity contribution >= 4 is 0 Å². The van der Waals surface area contributed by atoms with Crippen LogP contribution in [0, 0.1) is 47.3 Å². The maximum absolute atomic E-state index is 2.64. The first-order valence-electron chi connectivity index (χ1n) is 17.3. The molecule has 0 aliphatic heterocycles. The molecule has 1 fully saturated rings. The maximum Gasteiger partial charge on any atom is -0.0329 e. The van der Waals surface area contributed by atoms with Gasteiger partial charge in [0.1, 0.15) is 0 Å². The lowest BCUT2D eigenvalue weighted by Gasteiger charge is -2.52. The molecule has 0 spiro atoms. The number of hydrogen-bond acceptors (Lipinski definition) is 0. The Morgan fingerprint density at radius 1 is 0.583 bits per heavy atom. The smallest absolute Gasteiger partial charge is 0.0329 e. The van der Waals surface area contributed by atoms with E-state index in [1.54, 1.807) is 6.42 Å². The molecule has 0 aromatic carbocycles. The van der Waals surface area contributed by atoms with Gasteiger partial charge < -0.3 is 0 Å². The van der Waals surface area contributed by atoms with Crippen LogP contribution in [0.25, 0.3) is 0 Å². The molecule has 0 radical (unpaired) electrons. The summed E-state index contributed by atoms with van der Waals surface area (Å²) >= 11 is 0. The average Bonchev–Trinajstić information content (AvgIpc) is 2.82. The first-order chi connectivity index (χ1) is 17.3. The van der Waals surface area contributed by atoms with E-state index in [-0.39, 0.29) is 0 Å². The Morgan fingerprint density at radius 2 is 1.17 bits per heavy atom. The van der Waals surface area contributed by atoms with Gasteiger partial charge in [-0.2, -0.15) is 0 Å². The van der Waals surface area contributed by atoms with Gasteiger partial charge in [-0.1, -0.05) is 171 Å². The van der Waals surface area contributed by atoms with Crippen molar-refractivity contribution in [2.24, 2.45) is 47.3 Å². The molecule has 7 atom stereocenters. The Hall–Kier alpha value is 0. The molecule has 0 aromatic heterocycles. The fourth-order valence-corrected chi connectivity index (χ4v) is 7.81. The van der Waals surface area contributed by atoms with Crippen molar-refractivity contribution < 1.29 is 0 Å². The third kappa shape index (κ3) is 14.2. The third-order valence-corrected chi connectivity index (χ3v) is 10.1. The van der Waals surface area contributed by atoms with E-state index in [1.165, 1.54) is 122 Å². The van der Waals surface area contributed by atoms with Crippen LogP contribution in [0.4, 0.5) is 0 Å². The summed E-state index contributed by atoms with van der Waals surface area (Å²) < 4.78 is 0. The Morgan fingerprint density at radius 3 is 1.72 bits per heavy atom. The predicted octanol–water partition coefficient (Wildman–Crippen LogP) is 12.9. The Kier molecular flexibility index (Phi) is 19.8. The van der Waals surface area contributed by atoms with Gasteiger partial charge in [-0.15, -0.1) is 0 Å². The van der Waals surface area contributed by atoms with Gasteiger partial charge in [0.25, 0.3) is 0 Å². The maximum atomic E-state index is 2.64. The predicted molar refractivity (Wildman–Crippen MR) is 166 cm³/mol. The van der Waals surface area contributed by atoms with Crippen molar-refractivity contribution in [2.45, 2.75) is 184 Å². The van der Waals surface area contributed by atoms with Crippen molar-refractivity contribution in [1.82, 2.24) is 0 Å². The van der Waals surface area contributed by atoms with Gasteiger partial charge in [-0.25, -0.2) is 0 Å². The Bertz CT molecular complexity index is 478. The van der Waals surface area contributed by atoms with Crippen molar-refractivity contribution in [1.29, 1.82) is 0 Å². The van der Waals surface area contributed by atoms with Gasteiger partial charge in [0, 0.05) is 0 Å². The molecular weight excluding hydrogens is 432 g/mol. The van der Waals surface area contributed by atoms with Crippen LogP contribution in [0.1, 0.15) is 184 Å². The van der Waals surface area contributed by atoms with Crippen LogP contribution < -0.4 is 0 Å². The number of unbranched alkanes of at least 4 members (excludes halogenated alkanes) is 8. The fraction of sp³-hybridized carbons (Fsp3) is 1.00. The average molecular weight is 505 g/mol. The van der Waals surface area contributed by atoms with Crippen LogP contribution in [0.2, 0.25) is 0 Å². The summed E-state index contributed by atoms with van der Waals surface area (Å²) in [7, 11) is 0. The highest BCUT2D eigenvalue weighted by Crippen LogP contribution is 2.53. The Labute approximate surface area is 231 Å². The molecule has 0 aromatic rings. The largest absolute Gasteiger partial charge is 0.0654 e. The third-order valence-electron chi connectivity index (χ3n) is 10.1. The number of hydrogen-bond donors (Lipinski definition) is 0. The normalized spacial score (nSPS) is 23.4. The topological polar surface area (TPSA) is 0 Å². The molecule has 0 nitrogen and oxygen atoms in total. The van der Waals surface area contributed by atoms with E-state index in [2.05, 4.69) is 55.4 Å². The second kappa shape index (κ2) is 20.9. The molecule has 7 unspecified atom stereocenters. The molecule has 1 saturated carbocycles. The molecule has 1 aliphatic carbocycles. The molecule has 1 aliphatic rings. The van der Waals surface area contributed by atoms with E-state index < -0.39 is 0 Å². The molecule has 0 heteroatoms. The summed E-state index contributed by atoms with van der Waals surface area (Å²) in [6, 6.07) is 0. The molecule has 36 heavy (non-hydrogen) atoms. The monoisotopic (exact) mass is 505 g/mol. The zero-order chi connectivity index (χ0) is 26.8. The quantitative estimate of drug-likeness (QED) is 0.115. The standard InChI is InChI=1S/C36H72/c1-9-12-24-33(11-3)35-28-34(21-10-2)36(35)32(8)27-31(7)26-25-30(6)23-20-18-16-14-13-15-17-19-22-29(4)5/h29-36H,9-28H2,1-8H3. The summed E-state index contributed by atoms with van der Waals surface area (Å²) in [6.45, 7) is 19.7. The molecule has 0 N–H and O–H groups in total. The van der Waals surface area contributed by atoms with Crippen LogP contribution in [0.15, 0.2) is 0 Å². The summed E-state index contributed by atoms with van der Waals surface area (Å²) in [4.78, 5) is 0. The molecule has 1 rings (SSSR count). The van der Waals surface area contributed by atoms with Gasteiger partial charge in [-0.05, 0) is 60.2 Å². The lowest BCUT2D eigenvalue weighted by atomic mass is 9.53. The van der Waals surface area contributed by atoms with Crippen molar-refractivity contribution in [3.63, 3.8) is 0 Å². The van der Waals surface area contributed by atoms with Crippen LogP contribution in [0.3, 0.4) is 0 Å². The zero-order valence-corrected chi connectivity index (χ0v) is 26.8. The van der Waals surface area contributed by atoms with E-state index in [9.17, 15) is 0 Å². The van der Waals surface area contributed by atoms with E-state index >= 15 is 0 Å². The summed E-state index contributed by atoms with van der Waals surface area (Å²) in [5.41, 5.74) is 0. The molecule has 0 saturated heterocycles. The molecule has 0 bridgehead atoms. The van der Waals surface area contributed by atoms with Crippen molar-refractivity contribution in [2.75, 3.05) is 0 Å². The van der Waals surface area contributed by atoms with Crippen LogP contribution in [-0.2, 0) is 0 Å². The zero-order valence-electron chi connectivity index (χ0n) is 26.8. The fourth-order valence-electron chi connectivity index (χ4n) is 7.81. The van der Waals surface area contributed by atoms with Gasteiger partial charge in [0.2, 0.25) is 0 Å². The molecule has 0 amide bonds. The second-order valence-electron chi connectivity index (χ2n) is 14.1. The summed E-state index contributed by atoms with van der Waals surface area (Å²) in [5.74, 6) is 7.79. The summed E-state index contributed by atoms with van der Waals surface area (Å²) in [5, 5.41) is 0. The highest BCUT2D eigenvalue weighted by molar-refractivity contribution is 4.95. The van der Waals surface area contributed by atoms with Gasteiger partial charge in [0.15, 0.2) is 0 Å². The van der Waals surface area contributed by atoms with Crippen molar-refractivity contribution in [3.05, 3.63) is 0 Å². The Balaban J connectivity index is 2.22. The van der Waals surface area contributed by atoms with Crippen LogP contribution >= 0.6 is 0 Å². The minimum absolute atomic E-state index is 0.889. The highest BCUT2D eigenvalue weighted by atomic mass is 14.5.